The Morgan fingerprint density at radius 2 is 2.15 bits per heavy atom. The minimum Gasteiger partial charge on any atom is -0.444 e. The summed E-state index contributed by atoms with van der Waals surface area (Å²) in [5, 5.41) is 6.34. The van der Waals surface area contributed by atoms with Crippen molar-refractivity contribution in [2.75, 3.05) is 26.2 Å². The Bertz CT molecular complexity index is 400. The molecule has 6 heteroatoms. The molecular formula is C14H24N4O2. The predicted molar refractivity (Wildman–Crippen MR) is 79.5 cm³/mol. The minimum atomic E-state index is -0.460. The molecule has 20 heavy (non-hydrogen) atoms. The Labute approximate surface area is 121 Å². The third-order valence-corrected chi connectivity index (χ3v) is 2.55. The molecule has 1 aliphatic heterocycles. The highest BCUT2D eigenvalue weighted by atomic mass is 16.6. The second-order valence-corrected chi connectivity index (χ2v) is 5.63. The molecular weight excluding hydrogens is 256 g/mol. The first-order valence-corrected chi connectivity index (χ1v) is 6.82. The molecule has 0 atom stereocenters. The maximum Gasteiger partial charge on any atom is 0.410 e. The summed E-state index contributed by atoms with van der Waals surface area (Å²) in [5.74, 6) is 3.15. The van der Waals surface area contributed by atoms with Crippen molar-refractivity contribution in [2.24, 2.45) is 4.99 Å². The number of guanidine groups is 1. The van der Waals surface area contributed by atoms with Crippen molar-refractivity contribution >= 4 is 12.1 Å². The smallest absolute Gasteiger partial charge is 0.410 e. The molecule has 0 radical (unpaired) electrons. The Balaban J connectivity index is 2.37. The number of aliphatic imine (C=N–C) groups is 1. The van der Waals surface area contributed by atoms with Crippen LogP contribution in [0.5, 0.6) is 0 Å². The number of nitrogens with one attached hydrogen (secondary N) is 2. The number of hydrogen-bond acceptors (Lipinski definition) is 3. The van der Waals surface area contributed by atoms with Gasteiger partial charge in [-0.2, -0.15) is 0 Å². The molecule has 0 spiro atoms. The summed E-state index contributed by atoms with van der Waals surface area (Å²) < 4.78 is 5.29. The van der Waals surface area contributed by atoms with Crippen molar-refractivity contribution in [3.63, 3.8) is 0 Å². The summed E-state index contributed by atoms with van der Waals surface area (Å²) in [7, 11) is 0. The summed E-state index contributed by atoms with van der Waals surface area (Å²) in [6.07, 6.45) is 4.91. The van der Waals surface area contributed by atoms with Crippen molar-refractivity contribution < 1.29 is 9.53 Å². The largest absolute Gasteiger partial charge is 0.444 e. The highest BCUT2D eigenvalue weighted by molar-refractivity contribution is 5.80. The Hall–Kier alpha value is -1.90. The molecule has 0 bridgehead atoms. The molecule has 0 unspecified atom stereocenters. The molecule has 0 aromatic heterocycles. The molecule has 0 aliphatic carbocycles. The highest BCUT2D eigenvalue weighted by Gasteiger charge is 2.34. The van der Waals surface area contributed by atoms with E-state index in [0.29, 0.717) is 25.6 Å². The fraction of sp³-hybridized carbons (Fsp3) is 0.714. The van der Waals surface area contributed by atoms with Gasteiger partial charge in [-0.3, -0.25) is 0 Å². The van der Waals surface area contributed by atoms with E-state index in [-0.39, 0.29) is 12.1 Å². The van der Waals surface area contributed by atoms with E-state index in [1.165, 1.54) is 0 Å². The van der Waals surface area contributed by atoms with Gasteiger partial charge in [-0.1, -0.05) is 5.92 Å². The molecule has 1 fully saturated rings. The molecule has 1 amide bonds. The van der Waals surface area contributed by atoms with Gasteiger partial charge < -0.3 is 20.3 Å². The van der Waals surface area contributed by atoms with Gasteiger partial charge >= 0.3 is 6.09 Å². The van der Waals surface area contributed by atoms with E-state index in [2.05, 4.69) is 21.5 Å². The number of amides is 1. The number of nitrogens with zero attached hydrogens (tertiary/aromatic N) is 2. The van der Waals surface area contributed by atoms with E-state index in [4.69, 9.17) is 11.2 Å². The van der Waals surface area contributed by atoms with E-state index in [1.54, 1.807) is 4.90 Å². The average Bonchev–Trinajstić information content (AvgIpc) is 2.27. The molecule has 1 aliphatic rings. The summed E-state index contributed by atoms with van der Waals surface area (Å²) in [4.78, 5) is 17.6. The van der Waals surface area contributed by atoms with Gasteiger partial charge in [-0.15, -0.1) is 6.42 Å². The van der Waals surface area contributed by atoms with Crippen molar-refractivity contribution in [2.45, 2.75) is 39.3 Å². The summed E-state index contributed by atoms with van der Waals surface area (Å²) in [5.41, 5.74) is -0.460. The molecule has 1 saturated heterocycles. The molecule has 1 rings (SSSR count). The molecule has 2 N–H and O–H groups in total. The Kier molecular flexibility index (Phi) is 5.68. The number of rotatable bonds is 3. The van der Waals surface area contributed by atoms with Crippen LogP contribution < -0.4 is 10.6 Å². The number of carbonyl (C=O) groups excluding carboxylic acids is 1. The van der Waals surface area contributed by atoms with E-state index in [1.807, 2.05) is 27.7 Å². The third kappa shape index (κ3) is 5.39. The zero-order valence-corrected chi connectivity index (χ0v) is 12.7. The van der Waals surface area contributed by atoms with Crippen LogP contribution in [0.2, 0.25) is 0 Å². The zero-order chi connectivity index (χ0) is 15.2. The van der Waals surface area contributed by atoms with Crippen LogP contribution in [0.15, 0.2) is 4.99 Å². The molecule has 0 saturated carbocycles. The van der Waals surface area contributed by atoms with E-state index in [0.717, 1.165) is 6.54 Å². The van der Waals surface area contributed by atoms with Crippen molar-refractivity contribution in [3.05, 3.63) is 0 Å². The van der Waals surface area contributed by atoms with Gasteiger partial charge in [-0.25, -0.2) is 9.79 Å². The Morgan fingerprint density at radius 3 is 2.65 bits per heavy atom. The number of hydrogen-bond donors (Lipinski definition) is 2. The van der Waals surface area contributed by atoms with Crippen LogP contribution >= 0.6 is 0 Å². The van der Waals surface area contributed by atoms with Crippen molar-refractivity contribution in [1.29, 1.82) is 0 Å². The first kappa shape index (κ1) is 16.2. The topological polar surface area (TPSA) is 66.0 Å². The van der Waals surface area contributed by atoms with Crippen LogP contribution in [0, 0.1) is 12.3 Å². The second kappa shape index (κ2) is 7.04. The first-order valence-electron chi connectivity index (χ1n) is 6.82. The highest BCUT2D eigenvalue weighted by Crippen LogP contribution is 2.14. The standard InChI is InChI=1S/C14H24N4O2/c1-6-8-16-12(15-7-2)17-11-9-18(10-11)13(19)20-14(3,4)5/h1,11H,7-10H2,2-5H3,(H2,15,16,17). The van der Waals surface area contributed by atoms with E-state index < -0.39 is 5.60 Å². The molecule has 6 nitrogen and oxygen atoms in total. The molecule has 0 aromatic carbocycles. The summed E-state index contributed by atoms with van der Waals surface area (Å²) in [6.45, 7) is 9.87. The van der Waals surface area contributed by atoms with Gasteiger partial charge in [0, 0.05) is 19.6 Å². The van der Waals surface area contributed by atoms with Gasteiger partial charge in [0.25, 0.3) is 0 Å². The van der Waals surface area contributed by atoms with Crippen LogP contribution in [-0.2, 0) is 4.74 Å². The van der Waals surface area contributed by atoms with Crippen LogP contribution in [0.1, 0.15) is 27.7 Å². The van der Waals surface area contributed by atoms with Crippen molar-refractivity contribution in [3.8, 4) is 12.3 Å². The van der Waals surface area contributed by atoms with Crippen molar-refractivity contribution in [1.82, 2.24) is 15.5 Å². The maximum atomic E-state index is 11.8. The third-order valence-electron chi connectivity index (χ3n) is 2.55. The molecule has 0 aromatic rings. The average molecular weight is 280 g/mol. The van der Waals surface area contributed by atoms with Gasteiger partial charge in [-0.05, 0) is 27.7 Å². The van der Waals surface area contributed by atoms with Crippen LogP contribution in [0.4, 0.5) is 4.79 Å². The second-order valence-electron chi connectivity index (χ2n) is 5.63. The van der Waals surface area contributed by atoms with E-state index >= 15 is 0 Å². The van der Waals surface area contributed by atoms with E-state index in [9.17, 15) is 4.79 Å². The van der Waals surface area contributed by atoms with Gasteiger partial charge in [0.2, 0.25) is 0 Å². The van der Waals surface area contributed by atoms with Crippen LogP contribution in [0.3, 0.4) is 0 Å². The number of terminal acetylenes is 1. The number of likely N-dealkylation sites (tertiary alicyclic amines) is 1. The normalized spacial score (nSPS) is 16.1. The minimum absolute atomic E-state index is 0.179. The number of carbonyl (C=O) groups is 1. The fourth-order valence-corrected chi connectivity index (χ4v) is 1.68. The maximum absolute atomic E-state index is 11.8. The summed E-state index contributed by atoms with van der Waals surface area (Å²) in [6, 6.07) is 0.179. The molecule has 1 heterocycles. The lowest BCUT2D eigenvalue weighted by Gasteiger charge is -2.40. The van der Waals surface area contributed by atoms with Gasteiger partial charge in [0.1, 0.15) is 12.1 Å². The quantitative estimate of drug-likeness (QED) is 0.456. The zero-order valence-electron chi connectivity index (χ0n) is 12.7. The lowest BCUT2D eigenvalue weighted by atomic mass is 10.1. The SMILES string of the molecule is C#CCN=C(NCC)NC1CN(C(=O)OC(C)(C)C)C1. The predicted octanol–water partition coefficient (Wildman–Crippen LogP) is 0.794. The Morgan fingerprint density at radius 1 is 1.50 bits per heavy atom. The lowest BCUT2D eigenvalue weighted by Crippen LogP contribution is -2.63. The first-order chi connectivity index (χ1) is 9.35. The fourth-order valence-electron chi connectivity index (χ4n) is 1.68. The van der Waals surface area contributed by atoms with Gasteiger partial charge in [0.15, 0.2) is 5.96 Å². The van der Waals surface area contributed by atoms with Gasteiger partial charge in [0.05, 0.1) is 6.04 Å². The number of ether oxygens (including phenoxy) is 1. The van der Waals surface area contributed by atoms with Crippen LogP contribution in [-0.4, -0.2) is 54.8 Å². The molecule has 112 valence electrons. The van der Waals surface area contributed by atoms with Crippen LogP contribution in [0.25, 0.3) is 0 Å². The summed E-state index contributed by atoms with van der Waals surface area (Å²) >= 11 is 0. The monoisotopic (exact) mass is 280 g/mol. The lowest BCUT2D eigenvalue weighted by molar-refractivity contribution is 0.00701.